The Morgan fingerprint density at radius 1 is 1.40 bits per heavy atom. The van der Waals surface area contributed by atoms with E-state index in [9.17, 15) is 9.90 Å². The lowest BCUT2D eigenvalue weighted by Gasteiger charge is -2.32. The molecule has 2 atom stereocenters. The molecule has 0 fully saturated rings. The molecule has 0 bridgehead atoms. The maximum absolute atomic E-state index is 11.6. The maximum Gasteiger partial charge on any atom is 0.338 e. The van der Waals surface area contributed by atoms with E-state index in [0.717, 1.165) is 12.8 Å². The second-order valence-electron chi connectivity index (χ2n) is 4.70. The van der Waals surface area contributed by atoms with Crippen molar-refractivity contribution in [1.29, 1.82) is 0 Å². The molecule has 15 heavy (non-hydrogen) atoms. The molecule has 2 unspecified atom stereocenters. The van der Waals surface area contributed by atoms with Crippen molar-refractivity contribution in [3.05, 3.63) is 0 Å². The summed E-state index contributed by atoms with van der Waals surface area (Å²) in [5, 5.41) is 10.3. The number of carbonyl (C=O) groups is 1. The molecule has 0 aromatic carbocycles. The zero-order valence-corrected chi connectivity index (χ0v) is 10.5. The van der Waals surface area contributed by atoms with E-state index in [1.54, 1.807) is 0 Å². The third-order valence-corrected chi connectivity index (χ3v) is 2.81. The fraction of sp³-hybridized carbons (Fsp3) is 0.917. The van der Waals surface area contributed by atoms with Gasteiger partial charge in [0.15, 0.2) is 5.60 Å². The summed E-state index contributed by atoms with van der Waals surface area (Å²) in [5.74, 6) is -0.101. The van der Waals surface area contributed by atoms with Crippen LogP contribution in [0.5, 0.6) is 0 Å². The van der Waals surface area contributed by atoms with Crippen molar-refractivity contribution in [1.82, 2.24) is 0 Å². The van der Waals surface area contributed by atoms with Gasteiger partial charge in [-0.15, -0.1) is 0 Å². The van der Waals surface area contributed by atoms with E-state index in [0.29, 0.717) is 12.3 Å². The van der Waals surface area contributed by atoms with Crippen LogP contribution in [0.3, 0.4) is 0 Å². The van der Waals surface area contributed by atoms with Gasteiger partial charge in [0.1, 0.15) is 0 Å². The van der Waals surface area contributed by atoms with Gasteiger partial charge in [0.2, 0.25) is 0 Å². The highest BCUT2D eigenvalue weighted by Gasteiger charge is 2.41. The third-order valence-electron chi connectivity index (χ3n) is 2.81. The van der Waals surface area contributed by atoms with Gasteiger partial charge in [-0.25, -0.2) is 4.79 Å². The maximum atomic E-state index is 11.6. The summed E-state index contributed by atoms with van der Waals surface area (Å²) in [6, 6.07) is 0. The second-order valence-corrected chi connectivity index (χ2v) is 4.70. The van der Waals surface area contributed by atoms with E-state index < -0.39 is 11.6 Å². The number of carbonyl (C=O) groups excluding carboxylic acids is 1. The number of aliphatic hydroxyl groups is 1. The van der Waals surface area contributed by atoms with Gasteiger partial charge in [-0.05, 0) is 24.7 Å². The van der Waals surface area contributed by atoms with Gasteiger partial charge in [0.05, 0.1) is 7.11 Å². The van der Waals surface area contributed by atoms with Crippen molar-refractivity contribution < 1.29 is 14.6 Å². The van der Waals surface area contributed by atoms with Crippen LogP contribution in [0.15, 0.2) is 0 Å². The number of esters is 1. The normalized spacial score (nSPS) is 17.3. The van der Waals surface area contributed by atoms with E-state index in [1.165, 1.54) is 7.11 Å². The molecule has 90 valence electrons. The lowest BCUT2D eigenvalue weighted by Crippen LogP contribution is -2.46. The van der Waals surface area contributed by atoms with Crippen LogP contribution in [0.4, 0.5) is 0 Å². The molecule has 0 aliphatic rings. The first-order chi connectivity index (χ1) is 6.88. The SMILES string of the molecule is CCCC(O)(C(=O)OC)C(C)CC(C)C. The zero-order chi connectivity index (χ0) is 12.1. The minimum Gasteiger partial charge on any atom is -0.467 e. The predicted molar refractivity (Wildman–Crippen MR) is 60.5 cm³/mol. The van der Waals surface area contributed by atoms with Gasteiger partial charge in [0, 0.05) is 0 Å². The first-order valence-corrected chi connectivity index (χ1v) is 5.69. The molecule has 0 aliphatic heterocycles. The predicted octanol–water partition coefficient (Wildman–Crippen LogP) is 2.37. The molecule has 3 heteroatoms. The summed E-state index contributed by atoms with van der Waals surface area (Å²) >= 11 is 0. The van der Waals surface area contributed by atoms with Crippen LogP contribution >= 0.6 is 0 Å². The quantitative estimate of drug-likeness (QED) is 0.693. The van der Waals surface area contributed by atoms with E-state index in [2.05, 4.69) is 18.6 Å². The molecule has 0 aliphatic carbocycles. The van der Waals surface area contributed by atoms with Gasteiger partial charge >= 0.3 is 5.97 Å². The van der Waals surface area contributed by atoms with Gasteiger partial charge in [-0.1, -0.05) is 34.1 Å². The molecule has 0 saturated carbocycles. The zero-order valence-electron chi connectivity index (χ0n) is 10.5. The Morgan fingerprint density at radius 3 is 2.27 bits per heavy atom. The molecule has 0 saturated heterocycles. The van der Waals surface area contributed by atoms with Crippen LogP contribution in [0, 0.1) is 11.8 Å². The number of hydrogen-bond acceptors (Lipinski definition) is 3. The van der Waals surface area contributed by atoms with Gasteiger partial charge in [-0.3, -0.25) is 0 Å². The average molecular weight is 216 g/mol. The molecule has 0 amide bonds. The van der Waals surface area contributed by atoms with Gasteiger partial charge < -0.3 is 9.84 Å². The molecule has 0 radical (unpaired) electrons. The molecular formula is C12H24O3. The second kappa shape index (κ2) is 6.11. The summed E-state index contributed by atoms with van der Waals surface area (Å²) in [4.78, 5) is 11.6. The standard InChI is InChI=1S/C12H24O3/c1-6-7-12(14,11(13)15-5)10(4)8-9(2)3/h9-10,14H,6-8H2,1-5H3. The van der Waals surface area contributed by atoms with Crippen molar-refractivity contribution in [2.24, 2.45) is 11.8 Å². The van der Waals surface area contributed by atoms with E-state index >= 15 is 0 Å². The lowest BCUT2D eigenvalue weighted by atomic mass is 9.80. The first-order valence-electron chi connectivity index (χ1n) is 5.69. The Kier molecular flexibility index (Phi) is 5.88. The molecule has 0 spiro atoms. The Bertz CT molecular complexity index is 201. The minimum atomic E-state index is -1.31. The highest BCUT2D eigenvalue weighted by Crippen LogP contribution is 2.29. The van der Waals surface area contributed by atoms with Crippen molar-refractivity contribution in [3.8, 4) is 0 Å². The molecule has 1 N–H and O–H groups in total. The number of hydrogen-bond donors (Lipinski definition) is 1. The smallest absolute Gasteiger partial charge is 0.338 e. The number of methoxy groups -OCH3 is 1. The molecular weight excluding hydrogens is 192 g/mol. The van der Waals surface area contributed by atoms with Crippen LogP contribution in [0.25, 0.3) is 0 Å². The summed E-state index contributed by atoms with van der Waals surface area (Å²) in [5.41, 5.74) is -1.31. The van der Waals surface area contributed by atoms with E-state index in [1.807, 2.05) is 13.8 Å². The lowest BCUT2D eigenvalue weighted by molar-refractivity contribution is -0.169. The monoisotopic (exact) mass is 216 g/mol. The first kappa shape index (κ1) is 14.4. The van der Waals surface area contributed by atoms with E-state index in [4.69, 9.17) is 0 Å². The number of rotatable bonds is 6. The highest BCUT2D eigenvalue weighted by molar-refractivity contribution is 5.79. The van der Waals surface area contributed by atoms with Crippen LogP contribution in [0.2, 0.25) is 0 Å². The summed E-state index contributed by atoms with van der Waals surface area (Å²) in [6.07, 6.45) is 2.06. The Hall–Kier alpha value is -0.570. The summed E-state index contributed by atoms with van der Waals surface area (Å²) in [6.45, 7) is 8.03. The van der Waals surface area contributed by atoms with E-state index in [-0.39, 0.29) is 5.92 Å². The third kappa shape index (κ3) is 3.82. The molecule has 0 rings (SSSR count). The Labute approximate surface area is 92.8 Å². The van der Waals surface area contributed by atoms with Crippen molar-refractivity contribution in [2.75, 3.05) is 7.11 Å². The minimum absolute atomic E-state index is 0.0649. The number of ether oxygens (including phenoxy) is 1. The van der Waals surface area contributed by atoms with Crippen molar-refractivity contribution in [2.45, 2.75) is 52.6 Å². The van der Waals surface area contributed by atoms with Crippen LogP contribution in [0.1, 0.15) is 47.0 Å². The van der Waals surface area contributed by atoms with Crippen molar-refractivity contribution in [3.63, 3.8) is 0 Å². The molecule has 0 aromatic rings. The fourth-order valence-corrected chi connectivity index (χ4v) is 2.01. The largest absolute Gasteiger partial charge is 0.467 e. The Morgan fingerprint density at radius 2 is 1.93 bits per heavy atom. The van der Waals surface area contributed by atoms with Crippen LogP contribution in [-0.4, -0.2) is 23.8 Å². The highest BCUT2D eigenvalue weighted by atomic mass is 16.5. The van der Waals surface area contributed by atoms with Crippen LogP contribution in [-0.2, 0) is 9.53 Å². The molecule has 0 heterocycles. The Balaban J connectivity index is 4.68. The van der Waals surface area contributed by atoms with Crippen molar-refractivity contribution >= 4 is 5.97 Å². The molecule has 0 aromatic heterocycles. The average Bonchev–Trinajstić information content (AvgIpc) is 2.15. The van der Waals surface area contributed by atoms with Gasteiger partial charge in [0.25, 0.3) is 0 Å². The molecule has 3 nitrogen and oxygen atoms in total. The van der Waals surface area contributed by atoms with Gasteiger partial charge in [-0.2, -0.15) is 0 Å². The topological polar surface area (TPSA) is 46.5 Å². The summed E-state index contributed by atoms with van der Waals surface area (Å²) in [7, 11) is 1.32. The fourth-order valence-electron chi connectivity index (χ4n) is 2.01. The summed E-state index contributed by atoms with van der Waals surface area (Å²) < 4.78 is 4.68. The van der Waals surface area contributed by atoms with Crippen LogP contribution < -0.4 is 0 Å².